The van der Waals surface area contributed by atoms with Crippen LogP contribution in [-0.2, 0) is 0 Å². The number of anilines is 1. The van der Waals surface area contributed by atoms with Crippen molar-refractivity contribution < 1.29 is 0 Å². The van der Waals surface area contributed by atoms with Crippen molar-refractivity contribution in [2.45, 2.75) is 47.0 Å². The summed E-state index contributed by atoms with van der Waals surface area (Å²) in [5.41, 5.74) is 1.03. The average molecular weight is 221 g/mol. The zero-order valence-corrected chi connectivity index (χ0v) is 10.9. The van der Waals surface area contributed by atoms with E-state index in [1.54, 1.807) is 0 Å². The normalized spacial score (nSPS) is 10.8. The fourth-order valence-electron chi connectivity index (χ4n) is 1.70. The van der Waals surface area contributed by atoms with E-state index in [9.17, 15) is 0 Å². The Morgan fingerprint density at radius 1 is 1.19 bits per heavy atom. The molecule has 90 valence electrons. The number of hydrogen-bond donors (Lipinski definition) is 1. The van der Waals surface area contributed by atoms with Crippen LogP contribution in [0.3, 0.4) is 0 Å². The van der Waals surface area contributed by atoms with Crippen molar-refractivity contribution in [2.75, 3.05) is 11.9 Å². The molecule has 0 aliphatic carbocycles. The molecule has 1 aromatic heterocycles. The molecule has 0 unspecified atom stereocenters. The summed E-state index contributed by atoms with van der Waals surface area (Å²) in [5, 5.41) is 3.35. The van der Waals surface area contributed by atoms with Gasteiger partial charge in [0, 0.05) is 18.3 Å². The fourth-order valence-corrected chi connectivity index (χ4v) is 1.70. The van der Waals surface area contributed by atoms with Gasteiger partial charge in [0.15, 0.2) is 0 Å². The van der Waals surface area contributed by atoms with Gasteiger partial charge in [0.2, 0.25) is 0 Å². The highest BCUT2D eigenvalue weighted by Gasteiger charge is 1.98. The average Bonchev–Trinajstić information content (AvgIpc) is 2.15. The molecule has 1 aromatic rings. The van der Waals surface area contributed by atoms with Gasteiger partial charge in [-0.25, -0.2) is 9.97 Å². The molecule has 0 amide bonds. The minimum Gasteiger partial charge on any atom is -0.370 e. The molecule has 0 fully saturated rings. The second-order valence-corrected chi connectivity index (χ2v) is 4.76. The van der Waals surface area contributed by atoms with E-state index in [0.717, 1.165) is 29.8 Å². The Bertz CT molecular complexity index is 301. The Kier molecular flexibility index (Phi) is 5.23. The smallest absolute Gasteiger partial charge is 0.129 e. The highest BCUT2D eigenvalue weighted by Crippen LogP contribution is 2.08. The molecule has 0 aromatic carbocycles. The largest absolute Gasteiger partial charge is 0.370 e. The van der Waals surface area contributed by atoms with Gasteiger partial charge in [0.05, 0.1) is 0 Å². The molecule has 0 saturated heterocycles. The molecule has 1 rings (SSSR count). The van der Waals surface area contributed by atoms with E-state index in [1.165, 1.54) is 19.3 Å². The molecule has 1 N–H and O–H groups in total. The Labute approximate surface area is 98.7 Å². The van der Waals surface area contributed by atoms with Gasteiger partial charge in [-0.05, 0) is 26.2 Å². The van der Waals surface area contributed by atoms with Crippen molar-refractivity contribution in [3.05, 3.63) is 17.6 Å². The summed E-state index contributed by atoms with van der Waals surface area (Å²) in [6.45, 7) is 9.47. The maximum absolute atomic E-state index is 4.34. The van der Waals surface area contributed by atoms with Crippen molar-refractivity contribution in [3.8, 4) is 0 Å². The van der Waals surface area contributed by atoms with E-state index >= 15 is 0 Å². The van der Waals surface area contributed by atoms with Crippen LogP contribution < -0.4 is 5.32 Å². The lowest BCUT2D eigenvalue weighted by atomic mass is 10.1. The number of nitrogens with zero attached hydrogens (tertiary/aromatic N) is 2. The summed E-state index contributed by atoms with van der Waals surface area (Å²) < 4.78 is 0. The number of nitrogens with one attached hydrogen (secondary N) is 1. The van der Waals surface area contributed by atoms with Crippen LogP contribution >= 0.6 is 0 Å². The van der Waals surface area contributed by atoms with Gasteiger partial charge in [-0.1, -0.05) is 26.7 Å². The molecule has 0 spiro atoms. The SMILES string of the molecule is Cc1cc(NCCCCC(C)C)nc(C)n1. The van der Waals surface area contributed by atoms with Gasteiger partial charge in [-0.3, -0.25) is 0 Å². The molecule has 0 aliphatic rings. The lowest BCUT2D eigenvalue weighted by Crippen LogP contribution is -2.05. The summed E-state index contributed by atoms with van der Waals surface area (Å²) in [6, 6.07) is 2.00. The Morgan fingerprint density at radius 2 is 1.94 bits per heavy atom. The third kappa shape index (κ3) is 5.10. The van der Waals surface area contributed by atoms with Crippen molar-refractivity contribution in [2.24, 2.45) is 5.92 Å². The first kappa shape index (κ1) is 12.9. The van der Waals surface area contributed by atoms with Crippen molar-refractivity contribution in [1.82, 2.24) is 9.97 Å². The first-order valence-corrected chi connectivity index (χ1v) is 6.14. The molecule has 0 radical (unpaired) electrons. The van der Waals surface area contributed by atoms with Crippen molar-refractivity contribution >= 4 is 5.82 Å². The summed E-state index contributed by atoms with van der Waals surface area (Å²) in [6.07, 6.45) is 3.80. The molecular formula is C13H23N3. The molecule has 1 heterocycles. The first-order valence-electron chi connectivity index (χ1n) is 6.14. The summed E-state index contributed by atoms with van der Waals surface area (Å²) in [5.74, 6) is 2.60. The number of aryl methyl sites for hydroxylation is 2. The Hall–Kier alpha value is -1.12. The maximum Gasteiger partial charge on any atom is 0.129 e. The monoisotopic (exact) mass is 221 g/mol. The molecule has 0 bridgehead atoms. The summed E-state index contributed by atoms with van der Waals surface area (Å²) >= 11 is 0. The van der Waals surface area contributed by atoms with Crippen LogP contribution in [0.4, 0.5) is 5.82 Å². The zero-order chi connectivity index (χ0) is 12.0. The first-order chi connectivity index (χ1) is 7.58. The van der Waals surface area contributed by atoms with E-state index in [-0.39, 0.29) is 0 Å². The molecule has 0 aliphatic heterocycles. The van der Waals surface area contributed by atoms with Crippen LogP contribution in [0.25, 0.3) is 0 Å². The number of hydrogen-bond acceptors (Lipinski definition) is 3. The number of rotatable bonds is 6. The maximum atomic E-state index is 4.34. The van der Waals surface area contributed by atoms with E-state index < -0.39 is 0 Å². The second kappa shape index (κ2) is 6.46. The van der Waals surface area contributed by atoms with E-state index in [4.69, 9.17) is 0 Å². The molecule has 3 nitrogen and oxygen atoms in total. The zero-order valence-electron chi connectivity index (χ0n) is 10.9. The molecule has 16 heavy (non-hydrogen) atoms. The van der Waals surface area contributed by atoms with Gasteiger partial charge in [0.25, 0.3) is 0 Å². The topological polar surface area (TPSA) is 37.8 Å². The molecule has 0 atom stereocenters. The van der Waals surface area contributed by atoms with Crippen molar-refractivity contribution in [1.29, 1.82) is 0 Å². The minimum atomic E-state index is 0.809. The van der Waals surface area contributed by atoms with Gasteiger partial charge in [-0.2, -0.15) is 0 Å². The summed E-state index contributed by atoms with van der Waals surface area (Å²) in [4.78, 5) is 8.60. The van der Waals surface area contributed by atoms with Crippen LogP contribution in [0.1, 0.15) is 44.6 Å². The van der Waals surface area contributed by atoms with Crippen LogP contribution in [0.5, 0.6) is 0 Å². The predicted molar refractivity (Wildman–Crippen MR) is 68.7 cm³/mol. The standard InChI is InChI=1S/C13H23N3/c1-10(2)7-5-6-8-14-13-9-11(3)15-12(4)16-13/h9-10H,5-8H2,1-4H3,(H,14,15,16). The Morgan fingerprint density at radius 3 is 2.56 bits per heavy atom. The van der Waals surface area contributed by atoms with E-state index in [2.05, 4.69) is 29.1 Å². The minimum absolute atomic E-state index is 0.809. The van der Waals surface area contributed by atoms with Crippen molar-refractivity contribution in [3.63, 3.8) is 0 Å². The van der Waals surface area contributed by atoms with E-state index in [1.807, 2.05) is 19.9 Å². The lowest BCUT2D eigenvalue weighted by molar-refractivity contribution is 0.544. The Balaban J connectivity index is 2.26. The van der Waals surface area contributed by atoms with Gasteiger partial charge in [-0.15, -0.1) is 0 Å². The highest BCUT2D eigenvalue weighted by atomic mass is 15.0. The van der Waals surface area contributed by atoms with E-state index in [0.29, 0.717) is 0 Å². The summed E-state index contributed by atoms with van der Waals surface area (Å²) in [7, 11) is 0. The fraction of sp³-hybridized carbons (Fsp3) is 0.692. The van der Waals surface area contributed by atoms with Crippen LogP contribution in [0.15, 0.2) is 6.07 Å². The third-order valence-corrected chi connectivity index (χ3v) is 2.48. The van der Waals surface area contributed by atoms with Crippen LogP contribution in [0, 0.1) is 19.8 Å². The quantitative estimate of drug-likeness (QED) is 0.749. The van der Waals surface area contributed by atoms with Gasteiger partial charge < -0.3 is 5.32 Å². The molecular weight excluding hydrogens is 198 g/mol. The number of unbranched alkanes of at least 4 members (excludes halogenated alkanes) is 1. The van der Waals surface area contributed by atoms with Crippen LogP contribution in [0.2, 0.25) is 0 Å². The number of aromatic nitrogens is 2. The highest BCUT2D eigenvalue weighted by molar-refractivity contribution is 5.35. The van der Waals surface area contributed by atoms with Gasteiger partial charge in [0.1, 0.15) is 11.6 Å². The van der Waals surface area contributed by atoms with Crippen LogP contribution in [-0.4, -0.2) is 16.5 Å². The van der Waals surface area contributed by atoms with Gasteiger partial charge >= 0.3 is 0 Å². The second-order valence-electron chi connectivity index (χ2n) is 4.76. The molecule has 0 saturated carbocycles. The third-order valence-electron chi connectivity index (χ3n) is 2.48. The lowest BCUT2D eigenvalue weighted by Gasteiger charge is -2.07. The molecule has 3 heteroatoms. The predicted octanol–water partition coefficient (Wildman–Crippen LogP) is 3.33.